The summed E-state index contributed by atoms with van der Waals surface area (Å²) in [5.41, 5.74) is -0.379. The van der Waals surface area contributed by atoms with Crippen LogP contribution in [0.15, 0.2) is 0 Å². The van der Waals surface area contributed by atoms with Crippen LogP contribution in [0.5, 0.6) is 0 Å². The summed E-state index contributed by atoms with van der Waals surface area (Å²) in [6.45, 7) is 0. The van der Waals surface area contributed by atoms with Crippen molar-refractivity contribution in [2.75, 3.05) is 5.75 Å². The van der Waals surface area contributed by atoms with Gasteiger partial charge in [0.25, 0.3) is 0 Å². The van der Waals surface area contributed by atoms with E-state index in [-0.39, 0.29) is 11.8 Å². The Morgan fingerprint density at radius 2 is 2.14 bits per heavy atom. The molecule has 2 fully saturated rings. The van der Waals surface area contributed by atoms with Crippen LogP contribution in [-0.4, -0.2) is 26.2 Å². The molecule has 14 heavy (non-hydrogen) atoms. The molecular weight excluding hydrogens is 211 g/mol. The van der Waals surface area contributed by atoms with E-state index in [0.717, 1.165) is 19.3 Å². The van der Waals surface area contributed by atoms with Crippen molar-refractivity contribution in [3.05, 3.63) is 0 Å². The predicted molar refractivity (Wildman–Crippen MR) is 45.7 cm³/mol. The van der Waals surface area contributed by atoms with Gasteiger partial charge in [-0.15, -0.1) is 3.89 Å². The molecule has 1 atom stereocenters. The highest BCUT2D eigenvalue weighted by Gasteiger charge is 2.53. The first kappa shape index (κ1) is 9.89. The standard InChI is InChI=1S/C8H11FO4S/c9-14(11,12)5-6-8(2-1-3-8)4-7(10)13-6/h6H,1-5H2. The molecule has 1 saturated carbocycles. The molecule has 6 heteroatoms. The Hall–Kier alpha value is -0.650. The average Bonchev–Trinajstić information content (AvgIpc) is 2.21. The summed E-state index contributed by atoms with van der Waals surface area (Å²) in [4.78, 5) is 11.0. The van der Waals surface area contributed by atoms with Crippen LogP contribution in [0.1, 0.15) is 25.7 Å². The van der Waals surface area contributed by atoms with Crippen molar-refractivity contribution < 1.29 is 21.8 Å². The first-order valence-electron chi connectivity index (χ1n) is 4.53. The van der Waals surface area contributed by atoms with Gasteiger partial charge in [0.1, 0.15) is 11.9 Å². The highest BCUT2D eigenvalue weighted by molar-refractivity contribution is 7.86. The highest BCUT2D eigenvalue weighted by atomic mass is 32.3. The van der Waals surface area contributed by atoms with Crippen molar-refractivity contribution >= 4 is 16.2 Å². The van der Waals surface area contributed by atoms with E-state index in [1.807, 2.05) is 0 Å². The van der Waals surface area contributed by atoms with Gasteiger partial charge in [0.05, 0.1) is 6.42 Å². The number of hydrogen-bond donors (Lipinski definition) is 0. The zero-order chi connectivity index (χ0) is 10.4. The summed E-state index contributed by atoms with van der Waals surface area (Å²) in [6.07, 6.45) is 1.96. The molecule has 2 rings (SSSR count). The fourth-order valence-electron chi connectivity index (χ4n) is 2.25. The highest BCUT2D eigenvalue weighted by Crippen LogP contribution is 2.52. The van der Waals surface area contributed by atoms with E-state index in [9.17, 15) is 17.1 Å². The summed E-state index contributed by atoms with van der Waals surface area (Å²) in [5.74, 6) is -1.09. The molecule has 0 radical (unpaired) electrons. The van der Waals surface area contributed by atoms with Crippen LogP contribution >= 0.6 is 0 Å². The molecule has 0 bridgehead atoms. The first-order chi connectivity index (χ1) is 6.41. The maximum atomic E-state index is 12.5. The minimum atomic E-state index is -4.56. The molecule has 0 aromatic heterocycles. The maximum Gasteiger partial charge on any atom is 0.306 e. The Morgan fingerprint density at radius 3 is 2.57 bits per heavy atom. The second-order valence-electron chi connectivity index (χ2n) is 4.08. The second-order valence-corrected chi connectivity index (χ2v) is 5.49. The molecule has 4 nitrogen and oxygen atoms in total. The van der Waals surface area contributed by atoms with Crippen molar-refractivity contribution in [1.82, 2.24) is 0 Å². The summed E-state index contributed by atoms with van der Waals surface area (Å²) in [6, 6.07) is 0. The van der Waals surface area contributed by atoms with Gasteiger partial charge in [0, 0.05) is 5.41 Å². The summed E-state index contributed by atoms with van der Waals surface area (Å²) < 4.78 is 38.2. The Bertz CT molecular complexity index is 358. The van der Waals surface area contributed by atoms with E-state index in [4.69, 9.17) is 4.74 Å². The van der Waals surface area contributed by atoms with E-state index in [0.29, 0.717) is 0 Å². The smallest absolute Gasteiger partial charge is 0.306 e. The van der Waals surface area contributed by atoms with Crippen LogP contribution in [0.4, 0.5) is 3.89 Å². The lowest BCUT2D eigenvalue weighted by atomic mass is 9.65. The van der Waals surface area contributed by atoms with Crippen LogP contribution in [0.2, 0.25) is 0 Å². The largest absolute Gasteiger partial charge is 0.461 e. The lowest BCUT2D eigenvalue weighted by Crippen LogP contribution is -2.40. The van der Waals surface area contributed by atoms with Crippen LogP contribution in [0, 0.1) is 5.41 Å². The van der Waals surface area contributed by atoms with Crippen LogP contribution in [0.3, 0.4) is 0 Å². The third-order valence-corrected chi connectivity index (χ3v) is 3.85. The second kappa shape index (κ2) is 2.92. The third kappa shape index (κ3) is 1.63. The quantitative estimate of drug-likeness (QED) is 0.511. The van der Waals surface area contributed by atoms with E-state index < -0.39 is 28.0 Å². The van der Waals surface area contributed by atoms with Gasteiger partial charge in [-0.2, -0.15) is 8.42 Å². The molecule has 1 aliphatic heterocycles. The van der Waals surface area contributed by atoms with Gasteiger partial charge in [0.2, 0.25) is 0 Å². The van der Waals surface area contributed by atoms with Crippen molar-refractivity contribution in [2.24, 2.45) is 5.41 Å². The molecule has 1 heterocycles. The third-order valence-electron chi connectivity index (χ3n) is 3.15. The molecule has 0 N–H and O–H groups in total. The number of halogens is 1. The molecular formula is C8H11FO4S. The lowest BCUT2D eigenvalue weighted by Gasteiger charge is -2.39. The van der Waals surface area contributed by atoms with E-state index in [2.05, 4.69) is 0 Å². The van der Waals surface area contributed by atoms with Gasteiger partial charge < -0.3 is 4.74 Å². The van der Waals surface area contributed by atoms with Crippen molar-refractivity contribution in [3.63, 3.8) is 0 Å². The zero-order valence-electron chi connectivity index (χ0n) is 7.53. The summed E-state index contributed by atoms with van der Waals surface area (Å²) >= 11 is 0. The molecule has 80 valence electrons. The topological polar surface area (TPSA) is 60.4 Å². The van der Waals surface area contributed by atoms with E-state index in [1.54, 1.807) is 0 Å². The number of rotatable bonds is 2. The van der Waals surface area contributed by atoms with Gasteiger partial charge >= 0.3 is 16.2 Å². The van der Waals surface area contributed by atoms with Crippen molar-refractivity contribution in [2.45, 2.75) is 31.8 Å². The summed E-state index contributed by atoms with van der Waals surface area (Å²) in [5, 5.41) is 0. The number of esters is 1. The van der Waals surface area contributed by atoms with Gasteiger partial charge in [-0.05, 0) is 12.8 Å². The molecule has 0 amide bonds. The fourth-order valence-corrected chi connectivity index (χ4v) is 3.03. The van der Waals surface area contributed by atoms with Gasteiger partial charge in [-0.1, -0.05) is 6.42 Å². The molecule has 0 aromatic rings. The number of ether oxygens (including phenoxy) is 1. The predicted octanol–water partition coefficient (Wildman–Crippen LogP) is 0.772. The normalized spacial score (nSPS) is 30.1. The SMILES string of the molecule is O=C1CC2(CCC2)C(CS(=O)(=O)F)O1. The van der Waals surface area contributed by atoms with Crippen LogP contribution < -0.4 is 0 Å². The number of carbonyl (C=O) groups is 1. The van der Waals surface area contributed by atoms with Crippen LogP contribution in [0.25, 0.3) is 0 Å². The number of carbonyl (C=O) groups excluding carboxylic acids is 1. The number of cyclic esters (lactones) is 1. The fraction of sp³-hybridized carbons (Fsp3) is 0.875. The molecule has 1 spiro atoms. The summed E-state index contributed by atoms with van der Waals surface area (Å²) in [7, 11) is -4.56. The maximum absolute atomic E-state index is 12.5. The molecule has 1 saturated heterocycles. The van der Waals surface area contributed by atoms with Crippen molar-refractivity contribution in [3.8, 4) is 0 Å². The molecule has 0 aromatic carbocycles. The zero-order valence-corrected chi connectivity index (χ0v) is 8.35. The van der Waals surface area contributed by atoms with Crippen molar-refractivity contribution in [1.29, 1.82) is 0 Å². The Kier molecular flexibility index (Phi) is 2.06. The molecule has 1 aliphatic carbocycles. The van der Waals surface area contributed by atoms with Gasteiger partial charge in [-0.25, -0.2) is 0 Å². The average molecular weight is 222 g/mol. The minimum absolute atomic E-state index is 0.243. The number of hydrogen-bond acceptors (Lipinski definition) is 4. The Morgan fingerprint density at radius 1 is 1.50 bits per heavy atom. The first-order valence-corrected chi connectivity index (χ1v) is 6.08. The van der Waals surface area contributed by atoms with Gasteiger partial charge in [-0.3, -0.25) is 4.79 Å². The van der Waals surface area contributed by atoms with E-state index in [1.165, 1.54) is 0 Å². The van der Waals surface area contributed by atoms with E-state index >= 15 is 0 Å². The lowest BCUT2D eigenvalue weighted by molar-refractivity contribution is -0.141. The Balaban J connectivity index is 2.14. The minimum Gasteiger partial charge on any atom is -0.461 e. The van der Waals surface area contributed by atoms with Crippen LogP contribution in [-0.2, 0) is 19.8 Å². The monoisotopic (exact) mass is 222 g/mol. The Labute approximate surface area is 81.6 Å². The molecule has 2 aliphatic rings. The van der Waals surface area contributed by atoms with Gasteiger partial charge in [0.15, 0.2) is 0 Å². The molecule has 1 unspecified atom stereocenters.